The average Bonchev–Trinajstić information content (AvgIpc) is 3.20. The molecule has 5 nitrogen and oxygen atoms in total. The molecule has 0 radical (unpaired) electrons. The number of carbonyl (C=O) groups is 2. The first kappa shape index (κ1) is 14.2. The highest BCUT2D eigenvalue weighted by atomic mass is 16.3. The van der Waals surface area contributed by atoms with Gasteiger partial charge in [0.25, 0.3) is 5.91 Å². The van der Waals surface area contributed by atoms with Crippen LogP contribution in [0.25, 0.3) is 0 Å². The highest BCUT2D eigenvalue weighted by molar-refractivity contribution is 5.94. The fraction of sp³-hybridized carbons (Fsp3) is 0.625. The van der Waals surface area contributed by atoms with E-state index in [4.69, 9.17) is 4.42 Å². The lowest BCUT2D eigenvalue weighted by Gasteiger charge is -2.28. The number of carbonyl (C=O) groups excluding carboxylic acids is 2. The number of likely N-dealkylation sites (tertiary alicyclic amines) is 1. The molecule has 2 heterocycles. The van der Waals surface area contributed by atoms with E-state index in [0.717, 1.165) is 38.8 Å². The summed E-state index contributed by atoms with van der Waals surface area (Å²) in [5.41, 5.74) is 0.576. The second kappa shape index (κ2) is 6.33. The largest absolute Gasteiger partial charge is 0.472 e. The first-order valence-electron chi connectivity index (χ1n) is 7.86. The van der Waals surface area contributed by atoms with E-state index in [1.54, 1.807) is 6.07 Å². The monoisotopic (exact) mass is 290 g/mol. The van der Waals surface area contributed by atoms with Gasteiger partial charge in [0.05, 0.1) is 11.8 Å². The fourth-order valence-corrected chi connectivity index (χ4v) is 2.91. The van der Waals surface area contributed by atoms with Gasteiger partial charge in [-0.05, 0) is 38.2 Å². The van der Waals surface area contributed by atoms with Gasteiger partial charge in [0.1, 0.15) is 6.26 Å². The molecule has 1 aliphatic carbocycles. The Hall–Kier alpha value is -1.78. The molecule has 1 aliphatic heterocycles. The van der Waals surface area contributed by atoms with Gasteiger partial charge in [-0.2, -0.15) is 0 Å². The van der Waals surface area contributed by atoms with Crippen LogP contribution in [0.2, 0.25) is 0 Å². The molecule has 0 spiro atoms. The lowest BCUT2D eigenvalue weighted by atomic mass is 10.1. The second-order valence-electron chi connectivity index (χ2n) is 5.93. The third-order valence-corrected chi connectivity index (χ3v) is 4.29. The van der Waals surface area contributed by atoms with Crippen LogP contribution in [-0.2, 0) is 4.79 Å². The van der Waals surface area contributed by atoms with Crippen molar-refractivity contribution in [3.63, 3.8) is 0 Å². The van der Waals surface area contributed by atoms with Gasteiger partial charge in [-0.15, -0.1) is 0 Å². The summed E-state index contributed by atoms with van der Waals surface area (Å²) in [7, 11) is 0. The van der Waals surface area contributed by atoms with Crippen LogP contribution in [0.15, 0.2) is 23.0 Å². The van der Waals surface area contributed by atoms with Crippen LogP contribution in [0.4, 0.5) is 0 Å². The predicted octanol–water partition coefficient (Wildman–Crippen LogP) is 2.29. The number of hydrogen-bond acceptors (Lipinski definition) is 3. The SMILES string of the molecule is O=C(CCN(C(=O)c1ccoc1)C1CC1)N1CCCCC1. The molecule has 2 fully saturated rings. The van der Waals surface area contributed by atoms with E-state index in [-0.39, 0.29) is 11.8 Å². The van der Waals surface area contributed by atoms with E-state index in [1.165, 1.54) is 18.9 Å². The van der Waals surface area contributed by atoms with Crippen LogP contribution < -0.4 is 0 Å². The topological polar surface area (TPSA) is 53.8 Å². The molecule has 0 N–H and O–H groups in total. The molecule has 21 heavy (non-hydrogen) atoms. The summed E-state index contributed by atoms with van der Waals surface area (Å²) in [6.07, 6.45) is 8.93. The number of nitrogens with zero attached hydrogens (tertiary/aromatic N) is 2. The number of hydrogen-bond donors (Lipinski definition) is 0. The molecule has 1 saturated carbocycles. The summed E-state index contributed by atoms with van der Waals surface area (Å²) in [5, 5.41) is 0. The minimum atomic E-state index is -0.0160. The Balaban J connectivity index is 1.55. The van der Waals surface area contributed by atoms with Crippen molar-refractivity contribution in [3.8, 4) is 0 Å². The second-order valence-corrected chi connectivity index (χ2v) is 5.93. The molecule has 0 unspecified atom stereocenters. The van der Waals surface area contributed by atoms with Gasteiger partial charge in [0, 0.05) is 32.1 Å². The van der Waals surface area contributed by atoms with Crippen molar-refractivity contribution in [1.82, 2.24) is 9.80 Å². The highest BCUT2D eigenvalue weighted by Crippen LogP contribution is 2.28. The summed E-state index contributed by atoms with van der Waals surface area (Å²) in [4.78, 5) is 28.4. The van der Waals surface area contributed by atoms with Crippen LogP contribution in [-0.4, -0.2) is 47.3 Å². The zero-order valence-corrected chi connectivity index (χ0v) is 12.3. The minimum Gasteiger partial charge on any atom is -0.472 e. The molecule has 1 aromatic rings. The van der Waals surface area contributed by atoms with Crippen LogP contribution in [0.1, 0.15) is 48.9 Å². The van der Waals surface area contributed by atoms with Crippen LogP contribution >= 0.6 is 0 Å². The zero-order chi connectivity index (χ0) is 14.7. The van der Waals surface area contributed by atoms with Gasteiger partial charge in [0.2, 0.25) is 5.91 Å². The standard InChI is InChI=1S/C16H22N2O3/c19-15(17-8-2-1-3-9-17)6-10-18(14-4-5-14)16(20)13-7-11-21-12-13/h7,11-12,14H,1-6,8-10H2. The van der Waals surface area contributed by atoms with Crippen molar-refractivity contribution >= 4 is 11.8 Å². The van der Waals surface area contributed by atoms with Gasteiger partial charge in [-0.3, -0.25) is 9.59 Å². The molecule has 0 atom stereocenters. The van der Waals surface area contributed by atoms with Crippen molar-refractivity contribution in [1.29, 1.82) is 0 Å². The zero-order valence-electron chi connectivity index (χ0n) is 12.3. The smallest absolute Gasteiger partial charge is 0.257 e. The molecular weight excluding hydrogens is 268 g/mol. The van der Waals surface area contributed by atoms with E-state index in [9.17, 15) is 9.59 Å². The van der Waals surface area contributed by atoms with E-state index in [2.05, 4.69) is 0 Å². The van der Waals surface area contributed by atoms with Crippen LogP contribution in [0.3, 0.4) is 0 Å². The number of amides is 2. The molecule has 3 rings (SSSR count). The van der Waals surface area contributed by atoms with Crippen molar-refractivity contribution in [2.24, 2.45) is 0 Å². The van der Waals surface area contributed by atoms with Crippen molar-refractivity contribution in [3.05, 3.63) is 24.2 Å². The van der Waals surface area contributed by atoms with E-state index >= 15 is 0 Å². The number of rotatable bonds is 5. The Bertz CT molecular complexity index is 488. The Morgan fingerprint density at radius 1 is 1.24 bits per heavy atom. The lowest BCUT2D eigenvalue weighted by Crippen LogP contribution is -2.40. The summed E-state index contributed by atoms with van der Waals surface area (Å²) in [6.45, 7) is 2.26. The molecule has 1 saturated heterocycles. The minimum absolute atomic E-state index is 0.0160. The molecule has 0 bridgehead atoms. The van der Waals surface area contributed by atoms with Crippen LogP contribution in [0.5, 0.6) is 0 Å². The maximum atomic E-state index is 12.4. The van der Waals surface area contributed by atoms with Gasteiger partial charge < -0.3 is 14.2 Å². The first-order valence-corrected chi connectivity index (χ1v) is 7.86. The summed E-state index contributed by atoms with van der Waals surface area (Å²) in [6, 6.07) is 1.99. The van der Waals surface area contributed by atoms with Gasteiger partial charge in [-0.25, -0.2) is 0 Å². The normalized spacial score (nSPS) is 18.6. The quantitative estimate of drug-likeness (QED) is 0.836. The average molecular weight is 290 g/mol. The third kappa shape index (κ3) is 3.46. The molecule has 114 valence electrons. The Labute approximate surface area is 124 Å². The molecular formula is C16H22N2O3. The molecule has 2 aliphatic rings. The van der Waals surface area contributed by atoms with Crippen molar-refractivity contribution in [2.45, 2.75) is 44.6 Å². The Morgan fingerprint density at radius 2 is 2.00 bits per heavy atom. The van der Waals surface area contributed by atoms with E-state index in [0.29, 0.717) is 24.6 Å². The number of piperidine rings is 1. The van der Waals surface area contributed by atoms with Crippen LogP contribution in [0, 0.1) is 0 Å². The van der Waals surface area contributed by atoms with Gasteiger partial charge in [0.15, 0.2) is 0 Å². The predicted molar refractivity (Wildman–Crippen MR) is 77.8 cm³/mol. The molecule has 0 aromatic carbocycles. The van der Waals surface area contributed by atoms with Gasteiger partial charge in [-0.1, -0.05) is 0 Å². The molecule has 1 aromatic heterocycles. The van der Waals surface area contributed by atoms with Gasteiger partial charge >= 0.3 is 0 Å². The lowest BCUT2D eigenvalue weighted by molar-refractivity contribution is -0.132. The highest BCUT2D eigenvalue weighted by Gasteiger charge is 2.33. The van der Waals surface area contributed by atoms with Crippen molar-refractivity contribution in [2.75, 3.05) is 19.6 Å². The maximum Gasteiger partial charge on any atom is 0.257 e. The summed E-state index contributed by atoms with van der Waals surface area (Å²) < 4.78 is 4.98. The maximum absolute atomic E-state index is 12.4. The third-order valence-electron chi connectivity index (χ3n) is 4.29. The fourth-order valence-electron chi connectivity index (χ4n) is 2.91. The van der Waals surface area contributed by atoms with E-state index in [1.807, 2.05) is 9.80 Å². The van der Waals surface area contributed by atoms with E-state index < -0.39 is 0 Å². The van der Waals surface area contributed by atoms with Crippen molar-refractivity contribution < 1.29 is 14.0 Å². The molecule has 2 amide bonds. The summed E-state index contributed by atoms with van der Waals surface area (Å²) >= 11 is 0. The first-order chi connectivity index (χ1) is 10.3. The number of furan rings is 1. The Kier molecular flexibility index (Phi) is 4.27. The Morgan fingerprint density at radius 3 is 2.62 bits per heavy atom. The molecule has 5 heteroatoms. The summed E-state index contributed by atoms with van der Waals surface area (Å²) in [5.74, 6) is 0.165.